The number of urea groups is 1. The predicted octanol–water partition coefficient (Wildman–Crippen LogP) is 3.61. The molecule has 2 heterocycles. The number of hydrogen-bond acceptors (Lipinski definition) is 4. The van der Waals surface area contributed by atoms with Crippen LogP contribution >= 0.6 is 22.9 Å². The summed E-state index contributed by atoms with van der Waals surface area (Å²) >= 11 is 7.86. The Bertz CT molecular complexity index is 679. The van der Waals surface area contributed by atoms with Crippen LogP contribution < -0.4 is 10.2 Å². The smallest absolute Gasteiger partial charge is 0.317 e. The average molecular weight is 365 g/mol. The highest BCUT2D eigenvalue weighted by molar-refractivity contribution is 7.09. The zero-order chi connectivity index (χ0) is 16.9. The highest BCUT2D eigenvalue weighted by Crippen LogP contribution is 2.27. The standard InChI is InChI=1S/C17H21ClN4OS/c1-21(12-16-19-8-10-24-16)17(23)20-13-5-4-9-22(11-13)15-7-3-2-6-14(15)18/h2-3,6-8,10,13H,4-5,9,11-12H2,1H3,(H,20,23). The van der Waals surface area contributed by atoms with Gasteiger partial charge in [-0.15, -0.1) is 11.3 Å². The molecule has 24 heavy (non-hydrogen) atoms. The maximum atomic E-state index is 12.4. The van der Waals surface area contributed by atoms with Gasteiger partial charge in [0, 0.05) is 37.8 Å². The number of halogens is 1. The lowest BCUT2D eigenvalue weighted by atomic mass is 10.0. The number of para-hydroxylation sites is 1. The largest absolute Gasteiger partial charge is 0.368 e. The van der Waals surface area contributed by atoms with Crippen LogP contribution in [-0.4, -0.2) is 42.1 Å². The van der Waals surface area contributed by atoms with E-state index in [-0.39, 0.29) is 12.1 Å². The minimum atomic E-state index is -0.0591. The second-order valence-corrected chi connectivity index (χ2v) is 7.35. The van der Waals surface area contributed by atoms with Crippen LogP contribution in [0.2, 0.25) is 5.02 Å². The minimum Gasteiger partial charge on any atom is -0.368 e. The van der Waals surface area contributed by atoms with Crippen LogP contribution in [0.1, 0.15) is 17.8 Å². The molecule has 1 unspecified atom stereocenters. The number of aromatic nitrogens is 1. The van der Waals surface area contributed by atoms with Gasteiger partial charge in [-0.1, -0.05) is 23.7 Å². The second kappa shape index (κ2) is 7.85. The number of rotatable bonds is 4. The van der Waals surface area contributed by atoms with Gasteiger partial charge in [0.2, 0.25) is 0 Å². The summed E-state index contributed by atoms with van der Waals surface area (Å²) in [5, 5.41) is 6.74. The molecule has 1 fully saturated rings. The number of hydrogen-bond donors (Lipinski definition) is 1. The normalized spacial score (nSPS) is 17.6. The molecule has 0 radical (unpaired) electrons. The first-order valence-electron chi connectivity index (χ1n) is 8.03. The number of carbonyl (C=O) groups is 1. The van der Waals surface area contributed by atoms with Crippen LogP contribution in [0, 0.1) is 0 Å². The molecule has 2 aromatic rings. The third kappa shape index (κ3) is 4.19. The Hall–Kier alpha value is -1.79. The molecule has 3 rings (SSSR count). The number of amides is 2. The van der Waals surface area contributed by atoms with Crippen LogP contribution in [-0.2, 0) is 6.54 Å². The number of nitrogens with one attached hydrogen (secondary N) is 1. The Morgan fingerprint density at radius 1 is 1.50 bits per heavy atom. The van der Waals surface area contributed by atoms with Crippen LogP contribution in [0.3, 0.4) is 0 Å². The van der Waals surface area contributed by atoms with Crippen molar-refractivity contribution in [3.63, 3.8) is 0 Å². The van der Waals surface area contributed by atoms with Crippen LogP contribution in [0.25, 0.3) is 0 Å². The molecule has 5 nitrogen and oxygen atoms in total. The van der Waals surface area contributed by atoms with Gasteiger partial charge in [-0.3, -0.25) is 0 Å². The molecule has 0 spiro atoms. The first-order valence-corrected chi connectivity index (χ1v) is 9.28. The van der Waals surface area contributed by atoms with Gasteiger partial charge in [0.1, 0.15) is 5.01 Å². The van der Waals surface area contributed by atoms with Gasteiger partial charge >= 0.3 is 6.03 Å². The van der Waals surface area contributed by atoms with E-state index in [2.05, 4.69) is 15.2 Å². The predicted molar refractivity (Wildman–Crippen MR) is 98.8 cm³/mol. The SMILES string of the molecule is CN(Cc1nccs1)C(=O)NC1CCCN(c2ccccc2Cl)C1. The summed E-state index contributed by atoms with van der Waals surface area (Å²) in [7, 11) is 1.80. The first kappa shape index (κ1) is 17.0. The van der Waals surface area contributed by atoms with Crippen LogP contribution in [0.4, 0.5) is 10.5 Å². The molecule has 0 bridgehead atoms. The van der Waals surface area contributed by atoms with Crippen molar-refractivity contribution in [2.45, 2.75) is 25.4 Å². The third-order valence-electron chi connectivity index (χ3n) is 4.14. The Labute approximate surface area is 151 Å². The van der Waals surface area contributed by atoms with E-state index in [1.807, 2.05) is 29.6 Å². The van der Waals surface area contributed by atoms with Crippen molar-refractivity contribution in [1.29, 1.82) is 0 Å². The highest BCUT2D eigenvalue weighted by Gasteiger charge is 2.24. The molecule has 1 aliphatic rings. The summed E-state index contributed by atoms with van der Waals surface area (Å²) in [5.41, 5.74) is 1.04. The Balaban J connectivity index is 1.57. The Morgan fingerprint density at radius 2 is 2.33 bits per heavy atom. The summed E-state index contributed by atoms with van der Waals surface area (Å²) in [6, 6.07) is 7.92. The second-order valence-electron chi connectivity index (χ2n) is 5.97. The van der Waals surface area contributed by atoms with Gasteiger partial charge in [0.05, 0.1) is 17.3 Å². The number of piperidine rings is 1. The fraction of sp³-hybridized carbons (Fsp3) is 0.412. The number of carbonyl (C=O) groups excluding carboxylic acids is 1. The van der Waals surface area contributed by atoms with Gasteiger partial charge in [0.25, 0.3) is 0 Å². The molecule has 1 atom stereocenters. The molecule has 2 amide bonds. The first-order chi connectivity index (χ1) is 11.6. The number of nitrogens with zero attached hydrogens (tertiary/aromatic N) is 3. The van der Waals surface area contributed by atoms with E-state index in [4.69, 9.17) is 11.6 Å². The topological polar surface area (TPSA) is 48.5 Å². The van der Waals surface area contributed by atoms with E-state index < -0.39 is 0 Å². The van der Waals surface area contributed by atoms with Gasteiger partial charge < -0.3 is 15.1 Å². The number of anilines is 1. The van der Waals surface area contributed by atoms with Gasteiger partial charge in [0.15, 0.2) is 0 Å². The van der Waals surface area contributed by atoms with E-state index in [9.17, 15) is 4.79 Å². The fourth-order valence-electron chi connectivity index (χ4n) is 2.91. The maximum absolute atomic E-state index is 12.4. The lowest BCUT2D eigenvalue weighted by molar-refractivity contribution is 0.201. The summed E-state index contributed by atoms with van der Waals surface area (Å²) in [6.07, 6.45) is 3.78. The molecule has 1 saturated heterocycles. The van der Waals surface area contributed by atoms with E-state index >= 15 is 0 Å². The highest BCUT2D eigenvalue weighted by atomic mass is 35.5. The summed E-state index contributed by atoms with van der Waals surface area (Å²) in [6.45, 7) is 2.27. The molecule has 1 aromatic carbocycles. The van der Waals surface area contributed by atoms with Crippen molar-refractivity contribution in [3.8, 4) is 0 Å². The lowest BCUT2D eigenvalue weighted by Crippen LogP contribution is -2.50. The molecule has 0 aliphatic carbocycles. The van der Waals surface area contributed by atoms with Gasteiger partial charge in [-0.2, -0.15) is 0 Å². The summed E-state index contributed by atoms with van der Waals surface area (Å²) in [5.74, 6) is 0. The van der Waals surface area contributed by atoms with Crippen molar-refractivity contribution < 1.29 is 4.79 Å². The summed E-state index contributed by atoms with van der Waals surface area (Å²) in [4.78, 5) is 20.5. The molecule has 1 aliphatic heterocycles. The zero-order valence-electron chi connectivity index (χ0n) is 13.6. The van der Waals surface area contributed by atoms with Crippen molar-refractivity contribution in [1.82, 2.24) is 15.2 Å². The monoisotopic (exact) mass is 364 g/mol. The summed E-state index contributed by atoms with van der Waals surface area (Å²) < 4.78 is 0. The molecule has 0 saturated carbocycles. The van der Waals surface area contributed by atoms with E-state index in [1.165, 1.54) is 0 Å². The Morgan fingerprint density at radius 3 is 3.08 bits per heavy atom. The van der Waals surface area contributed by atoms with Gasteiger partial charge in [-0.05, 0) is 25.0 Å². The van der Waals surface area contributed by atoms with Crippen LogP contribution in [0.5, 0.6) is 0 Å². The minimum absolute atomic E-state index is 0.0591. The van der Waals surface area contributed by atoms with E-state index in [0.717, 1.165) is 41.6 Å². The maximum Gasteiger partial charge on any atom is 0.317 e. The van der Waals surface area contributed by atoms with Crippen molar-refractivity contribution in [3.05, 3.63) is 45.9 Å². The molecule has 128 valence electrons. The Kier molecular flexibility index (Phi) is 5.58. The number of thiazole rings is 1. The molecular formula is C17H21ClN4OS. The van der Waals surface area contributed by atoms with Crippen molar-refractivity contribution in [2.75, 3.05) is 25.0 Å². The molecule has 1 aromatic heterocycles. The molecular weight excluding hydrogens is 344 g/mol. The van der Waals surface area contributed by atoms with E-state index in [1.54, 1.807) is 29.5 Å². The van der Waals surface area contributed by atoms with Gasteiger partial charge in [-0.25, -0.2) is 9.78 Å². The van der Waals surface area contributed by atoms with Crippen LogP contribution in [0.15, 0.2) is 35.8 Å². The van der Waals surface area contributed by atoms with Crippen molar-refractivity contribution >= 4 is 34.7 Å². The quantitative estimate of drug-likeness (QED) is 0.901. The fourth-order valence-corrected chi connectivity index (χ4v) is 3.84. The van der Waals surface area contributed by atoms with Crippen molar-refractivity contribution in [2.24, 2.45) is 0 Å². The third-order valence-corrected chi connectivity index (χ3v) is 5.23. The number of benzene rings is 1. The van der Waals surface area contributed by atoms with E-state index in [0.29, 0.717) is 6.54 Å². The zero-order valence-corrected chi connectivity index (χ0v) is 15.2. The molecule has 1 N–H and O–H groups in total. The molecule has 7 heteroatoms. The average Bonchev–Trinajstić information content (AvgIpc) is 3.08. The lowest BCUT2D eigenvalue weighted by Gasteiger charge is -2.35.